The second-order valence-electron chi connectivity index (χ2n) is 10.5. The minimum atomic E-state index is -0.0862. The first-order valence-electron chi connectivity index (χ1n) is 13.5. The van der Waals surface area contributed by atoms with Gasteiger partial charge in [-0.2, -0.15) is 0 Å². The Hall–Kier alpha value is -3.15. The Labute approximate surface area is 214 Å². The Balaban J connectivity index is 1.04. The molecule has 2 fully saturated rings. The van der Waals surface area contributed by atoms with Crippen LogP contribution in [0, 0.1) is 5.92 Å². The van der Waals surface area contributed by atoms with Crippen LogP contribution in [0.15, 0.2) is 84.9 Å². The van der Waals surface area contributed by atoms with Gasteiger partial charge in [-0.05, 0) is 55.1 Å². The number of rotatable bonds is 6. The Morgan fingerprint density at radius 1 is 0.722 bits per heavy atom. The average molecular weight is 481 g/mol. The van der Waals surface area contributed by atoms with Crippen LogP contribution in [0.25, 0.3) is 0 Å². The molecule has 0 aromatic heterocycles. The van der Waals surface area contributed by atoms with E-state index in [-0.39, 0.29) is 11.9 Å². The van der Waals surface area contributed by atoms with Gasteiger partial charge in [0.2, 0.25) is 5.91 Å². The van der Waals surface area contributed by atoms with Crippen molar-refractivity contribution < 1.29 is 4.79 Å². The highest BCUT2D eigenvalue weighted by molar-refractivity contribution is 6.03. The quantitative estimate of drug-likeness (QED) is 0.556. The molecule has 36 heavy (non-hydrogen) atoms. The van der Waals surface area contributed by atoms with E-state index in [1.807, 2.05) is 12.1 Å². The van der Waals surface area contributed by atoms with Crippen LogP contribution in [0.2, 0.25) is 0 Å². The minimum absolute atomic E-state index is 0.0862. The normalized spacial score (nSPS) is 21.2. The highest BCUT2D eigenvalue weighted by Crippen LogP contribution is 2.38. The summed E-state index contributed by atoms with van der Waals surface area (Å²) in [6.45, 7) is 7.15. The Morgan fingerprint density at radius 3 is 2.03 bits per heavy atom. The van der Waals surface area contributed by atoms with Gasteiger partial charge < -0.3 is 15.1 Å². The lowest BCUT2D eigenvalue weighted by Gasteiger charge is -2.45. The molecule has 3 aromatic carbocycles. The van der Waals surface area contributed by atoms with E-state index in [4.69, 9.17) is 0 Å². The number of nitrogens with one attached hydrogen (secondary N) is 1. The summed E-state index contributed by atoms with van der Waals surface area (Å²) in [6.07, 6.45) is 2.45. The van der Waals surface area contributed by atoms with E-state index < -0.39 is 0 Å². The first kappa shape index (κ1) is 23.3. The van der Waals surface area contributed by atoms with E-state index in [0.717, 1.165) is 57.2 Å². The molecule has 1 unspecified atom stereocenters. The molecular weight excluding hydrogens is 444 g/mol. The highest BCUT2D eigenvalue weighted by atomic mass is 16.2. The van der Waals surface area contributed by atoms with Crippen LogP contribution in [-0.4, -0.2) is 67.6 Å². The summed E-state index contributed by atoms with van der Waals surface area (Å²) < 4.78 is 0. The van der Waals surface area contributed by atoms with E-state index in [9.17, 15) is 4.79 Å². The molecule has 1 atom stereocenters. The summed E-state index contributed by atoms with van der Waals surface area (Å²) in [4.78, 5) is 20.2. The Kier molecular flexibility index (Phi) is 6.75. The molecule has 0 spiro atoms. The monoisotopic (exact) mass is 480 g/mol. The smallest absolute Gasteiger partial charge is 0.248 e. The minimum Gasteiger partial charge on any atom is -0.355 e. The number of hydrogen-bond donors (Lipinski definition) is 1. The molecular formula is C31H36N4O. The highest BCUT2D eigenvalue weighted by Gasteiger charge is 2.37. The van der Waals surface area contributed by atoms with E-state index in [0.29, 0.717) is 11.8 Å². The van der Waals surface area contributed by atoms with Crippen LogP contribution in [0.3, 0.4) is 0 Å². The van der Waals surface area contributed by atoms with Crippen molar-refractivity contribution in [3.05, 3.63) is 96.1 Å². The van der Waals surface area contributed by atoms with Crippen molar-refractivity contribution in [1.82, 2.24) is 9.80 Å². The van der Waals surface area contributed by atoms with E-state index >= 15 is 0 Å². The van der Waals surface area contributed by atoms with Gasteiger partial charge in [0.25, 0.3) is 0 Å². The van der Waals surface area contributed by atoms with Crippen LogP contribution in [0.5, 0.6) is 0 Å². The molecule has 0 radical (unpaired) electrons. The number of piperidine rings is 1. The number of piperazine rings is 1. The van der Waals surface area contributed by atoms with Gasteiger partial charge in [-0.3, -0.25) is 9.69 Å². The van der Waals surface area contributed by atoms with Crippen molar-refractivity contribution in [3.8, 4) is 0 Å². The third kappa shape index (κ3) is 4.78. The number of fused-ring (bicyclic) bond motifs is 3. The van der Waals surface area contributed by atoms with Crippen LogP contribution in [-0.2, 0) is 4.79 Å². The molecule has 1 N–H and O–H groups in total. The molecule has 3 aliphatic rings. The zero-order chi connectivity index (χ0) is 24.3. The number of likely N-dealkylation sites (tertiary alicyclic amines) is 1. The SMILES string of the molecule is O=C1Nc2ccccc2N2CCN(CCN3CCC(C(c4ccccc4)c4ccccc4)CC3)CC12. The van der Waals surface area contributed by atoms with Crippen LogP contribution in [0.4, 0.5) is 11.4 Å². The van der Waals surface area contributed by atoms with Crippen molar-refractivity contribution in [2.24, 2.45) is 5.92 Å². The lowest BCUT2D eigenvalue weighted by molar-refractivity contribution is -0.118. The number of amides is 1. The van der Waals surface area contributed by atoms with Gasteiger partial charge in [0, 0.05) is 38.6 Å². The fourth-order valence-corrected chi connectivity index (χ4v) is 6.45. The fraction of sp³-hybridized carbons (Fsp3) is 0.387. The second-order valence-corrected chi connectivity index (χ2v) is 10.5. The molecule has 0 saturated carbocycles. The molecule has 0 aliphatic carbocycles. The van der Waals surface area contributed by atoms with Gasteiger partial charge in [0.1, 0.15) is 6.04 Å². The average Bonchev–Trinajstić information content (AvgIpc) is 2.94. The predicted octanol–water partition coefficient (Wildman–Crippen LogP) is 4.67. The molecule has 5 heteroatoms. The molecule has 6 rings (SSSR count). The lowest BCUT2D eigenvalue weighted by atomic mass is 9.76. The van der Waals surface area contributed by atoms with Crippen molar-refractivity contribution >= 4 is 17.3 Å². The summed E-state index contributed by atoms with van der Waals surface area (Å²) in [7, 11) is 0. The van der Waals surface area contributed by atoms with Crippen molar-refractivity contribution in [3.63, 3.8) is 0 Å². The molecule has 3 heterocycles. The largest absolute Gasteiger partial charge is 0.355 e. The third-order valence-electron chi connectivity index (χ3n) is 8.39. The third-order valence-corrected chi connectivity index (χ3v) is 8.39. The van der Waals surface area contributed by atoms with Crippen LogP contribution >= 0.6 is 0 Å². The number of carbonyl (C=O) groups is 1. The first-order valence-corrected chi connectivity index (χ1v) is 13.5. The van der Waals surface area contributed by atoms with Crippen molar-refractivity contribution in [1.29, 1.82) is 0 Å². The summed E-state index contributed by atoms with van der Waals surface area (Å²) in [5.74, 6) is 1.27. The summed E-state index contributed by atoms with van der Waals surface area (Å²) in [6, 6.07) is 30.2. The topological polar surface area (TPSA) is 38.8 Å². The van der Waals surface area contributed by atoms with Gasteiger partial charge in [0.15, 0.2) is 0 Å². The molecule has 3 aromatic rings. The maximum atomic E-state index is 12.8. The maximum absolute atomic E-state index is 12.8. The Bertz CT molecular complexity index is 1120. The number of carbonyl (C=O) groups excluding carboxylic acids is 1. The fourth-order valence-electron chi connectivity index (χ4n) is 6.45. The van der Waals surface area contributed by atoms with Crippen molar-refractivity contribution in [2.75, 3.05) is 56.0 Å². The van der Waals surface area contributed by atoms with Crippen LogP contribution < -0.4 is 10.2 Å². The summed E-state index contributed by atoms with van der Waals surface area (Å²) in [5.41, 5.74) is 4.98. The molecule has 186 valence electrons. The number of hydrogen-bond acceptors (Lipinski definition) is 4. The van der Waals surface area contributed by atoms with E-state index in [2.05, 4.69) is 92.8 Å². The molecule has 1 amide bonds. The second kappa shape index (κ2) is 10.5. The number of anilines is 2. The molecule has 5 nitrogen and oxygen atoms in total. The van der Waals surface area contributed by atoms with Gasteiger partial charge in [0.05, 0.1) is 11.4 Å². The molecule has 2 saturated heterocycles. The zero-order valence-corrected chi connectivity index (χ0v) is 20.9. The van der Waals surface area contributed by atoms with Gasteiger partial charge in [-0.1, -0.05) is 72.8 Å². The number of para-hydroxylation sites is 2. The molecule has 0 bridgehead atoms. The maximum Gasteiger partial charge on any atom is 0.248 e. The molecule has 3 aliphatic heterocycles. The number of nitrogens with zero attached hydrogens (tertiary/aromatic N) is 3. The van der Waals surface area contributed by atoms with Gasteiger partial charge in [-0.15, -0.1) is 0 Å². The standard InChI is InChI=1S/C31H36N4O/c36-31-29-23-34(21-22-35(29)28-14-8-7-13-27(28)32-31)20-19-33-17-15-26(16-18-33)30(24-9-3-1-4-10-24)25-11-5-2-6-12-25/h1-14,26,29-30H,15-23H2,(H,32,36). The van der Waals surface area contributed by atoms with E-state index in [1.165, 1.54) is 24.0 Å². The number of benzene rings is 3. The Morgan fingerprint density at radius 2 is 1.33 bits per heavy atom. The zero-order valence-electron chi connectivity index (χ0n) is 20.9. The summed E-state index contributed by atoms with van der Waals surface area (Å²) in [5, 5.41) is 3.11. The van der Waals surface area contributed by atoms with E-state index in [1.54, 1.807) is 0 Å². The first-order chi connectivity index (χ1) is 17.8. The summed E-state index contributed by atoms with van der Waals surface area (Å²) >= 11 is 0. The van der Waals surface area contributed by atoms with Gasteiger partial charge in [-0.25, -0.2) is 0 Å². The van der Waals surface area contributed by atoms with Gasteiger partial charge >= 0.3 is 0 Å². The van der Waals surface area contributed by atoms with Crippen LogP contribution in [0.1, 0.15) is 29.9 Å². The predicted molar refractivity (Wildman–Crippen MR) is 147 cm³/mol. The van der Waals surface area contributed by atoms with Crippen molar-refractivity contribution in [2.45, 2.75) is 24.8 Å². The lowest BCUT2D eigenvalue weighted by Crippen LogP contribution is -2.60.